The van der Waals surface area contributed by atoms with Crippen LogP contribution in [-0.2, 0) is 9.59 Å². The number of thioether (sulfide) groups is 1. The molecule has 2 rings (SSSR count). The van der Waals surface area contributed by atoms with Crippen LogP contribution in [0.15, 0.2) is 21.5 Å². The lowest BCUT2D eigenvalue weighted by Gasteiger charge is -2.14. The molecule has 1 heterocycles. The Balaban J connectivity index is 2.08. The number of amides is 1. The van der Waals surface area contributed by atoms with E-state index < -0.39 is 5.97 Å². The van der Waals surface area contributed by atoms with E-state index in [9.17, 15) is 9.59 Å². The van der Waals surface area contributed by atoms with Crippen LogP contribution in [0.1, 0.15) is 44.6 Å². The second kappa shape index (κ2) is 11.6. The van der Waals surface area contributed by atoms with Gasteiger partial charge in [-0.05, 0) is 59.0 Å². The molecule has 1 saturated heterocycles. The Hall–Kier alpha value is -1.58. The maximum absolute atomic E-state index is 12.7. The van der Waals surface area contributed by atoms with Gasteiger partial charge in [0.05, 0.1) is 23.1 Å². The van der Waals surface area contributed by atoms with Gasteiger partial charge >= 0.3 is 5.97 Å². The van der Waals surface area contributed by atoms with Crippen LogP contribution in [0, 0.1) is 0 Å². The SMILES string of the molecule is CCCOc1c(Br)cc(/C=C2\SC(=S)N(CCCCCC(=O)O)C2=O)cc1OC. The third kappa shape index (κ3) is 6.72. The Labute approximate surface area is 188 Å². The molecule has 6 nitrogen and oxygen atoms in total. The maximum Gasteiger partial charge on any atom is 0.303 e. The van der Waals surface area contributed by atoms with Gasteiger partial charge in [-0.2, -0.15) is 0 Å². The van der Waals surface area contributed by atoms with E-state index in [1.54, 1.807) is 18.1 Å². The first-order valence-corrected chi connectivity index (χ1v) is 11.4. The van der Waals surface area contributed by atoms with E-state index >= 15 is 0 Å². The van der Waals surface area contributed by atoms with E-state index in [0.717, 1.165) is 29.3 Å². The first-order chi connectivity index (χ1) is 13.9. The average molecular weight is 502 g/mol. The Kier molecular flexibility index (Phi) is 9.45. The highest BCUT2D eigenvalue weighted by Crippen LogP contribution is 2.39. The molecule has 0 unspecified atom stereocenters. The van der Waals surface area contributed by atoms with Gasteiger partial charge in [0.1, 0.15) is 4.32 Å². The van der Waals surface area contributed by atoms with Crippen molar-refractivity contribution in [2.45, 2.75) is 39.0 Å². The number of hydrogen-bond donors (Lipinski definition) is 1. The van der Waals surface area contributed by atoms with Crippen LogP contribution in [-0.4, -0.2) is 46.5 Å². The van der Waals surface area contributed by atoms with Gasteiger partial charge in [0.15, 0.2) is 11.5 Å². The van der Waals surface area contributed by atoms with Crippen LogP contribution in [0.2, 0.25) is 0 Å². The third-order valence-electron chi connectivity index (χ3n) is 4.15. The number of ether oxygens (including phenoxy) is 2. The minimum Gasteiger partial charge on any atom is -0.493 e. The summed E-state index contributed by atoms with van der Waals surface area (Å²) in [6, 6.07) is 3.71. The molecule has 1 fully saturated rings. The number of unbranched alkanes of at least 4 members (excludes halogenated alkanes) is 2. The van der Waals surface area contributed by atoms with Crippen LogP contribution < -0.4 is 9.47 Å². The number of thiocarbonyl (C=S) groups is 1. The van der Waals surface area contributed by atoms with Gasteiger partial charge in [0.2, 0.25) is 0 Å². The van der Waals surface area contributed by atoms with Crippen LogP contribution in [0.5, 0.6) is 11.5 Å². The molecule has 0 spiro atoms. The van der Waals surface area contributed by atoms with Crippen molar-refractivity contribution in [3.8, 4) is 11.5 Å². The lowest BCUT2D eigenvalue weighted by atomic mass is 10.1. The summed E-state index contributed by atoms with van der Waals surface area (Å²) in [6.45, 7) is 3.11. The van der Waals surface area contributed by atoms with Gasteiger partial charge in [-0.3, -0.25) is 14.5 Å². The van der Waals surface area contributed by atoms with E-state index in [-0.39, 0.29) is 12.3 Å². The van der Waals surface area contributed by atoms with E-state index in [0.29, 0.717) is 40.3 Å². The summed E-state index contributed by atoms with van der Waals surface area (Å²) >= 11 is 10.1. The molecule has 1 aromatic carbocycles. The largest absolute Gasteiger partial charge is 0.493 e. The van der Waals surface area contributed by atoms with E-state index in [4.69, 9.17) is 26.8 Å². The number of aliphatic carboxylic acids is 1. The Morgan fingerprint density at radius 2 is 2.10 bits per heavy atom. The maximum atomic E-state index is 12.7. The molecule has 0 aromatic heterocycles. The molecule has 0 saturated carbocycles. The summed E-state index contributed by atoms with van der Waals surface area (Å²) in [5.41, 5.74) is 0.805. The number of carboxylic acid groups (broad SMARTS) is 1. The van der Waals surface area contributed by atoms with Crippen molar-refractivity contribution >= 4 is 62.2 Å². The number of carbonyl (C=O) groups excluding carboxylic acids is 1. The summed E-state index contributed by atoms with van der Waals surface area (Å²) in [7, 11) is 1.58. The van der Waals surface area contributed by atoms with Crippen molar-refractivity contribution < 1.29 is 24.2 Å². The molecular formula is C20H24BrNO5S2. The van der Waals surface area contributed by atoms with Gasteiger partial charge in [-0.15, -0.1) is 0 Å². The van der Waals surface area contributed by atoms with Crippen molar-refractivity contribution in [3.05, 3.63) is 27.1 Å². The molecule has 158 valence electrons. The summed E-state index contributed by atoms with van der Waals surface area (Å²) in [4.78, 5) is 25.4. The van der Waals surface area contributed by atoms with Crippen LogP contribution in [0.3, 0.4) is 0 Å². The molecule has 0 bridgehead atoms. The number of rotatable bonds is 11. The fraction of sp³-hybridized carbons (Fsp3) is 0.450. The minimum atomic E-state index is -0.800. The van der Waals surface area contributed by atoms with Crippen molar-refractivity contribution in [1.29, 1.82) is 0 Å². The molecule has 1 aromatic rings. The zero-order valence-corrected chi connectivity index (χ0v) is 19.6. The van der Waals surface area contributed by atoms with Gasteiger partial charge in [-0.1, -0.05) is 37.3 Å². The highest BCUT2D eigenvalue weighted by atomic mass is 79.9. The number of benzene rings is 1. The topological polar surface area (TPSA) is 76.1 Å². The van der Waals surface area contributed by atoms with Crippen LogP contribution in [0.25, 0.3) is 6.08 Å². The highest BCUT2D eigenvalue weighted by Gasteiger charge is 2.31. The van der Waals surface area contributed by atoms with Gasteiger partial charge < -0.3 is 14.6 Å². The summed E-state index contributed by atoms with van der Waals surface area (Å²) in [6.07, 6.45) is 4.88. The predicted molar refractivity (Wildman–Crippen MR) is 122 cm³/mol. The van der Waals surface area contributed by atoms with Crippen molar-refractivity contribution in [3.63, 3.8) is 0 Å². The molecule has 1 aliphatic heterocycles. The lowest BCUT2D eigenvalue weighted by Crippen LogP contribution is -2.29. The lowest BCUT2D eigenvalue weighted by molar-refractivity contribution is -0.137. The molecule has 29 heavy (non-hydrogen) atoms. The summed E-state index contributed by atoms with van der Waals surface area (Å²) in [5.74, 6) is 0.305. The summed E-state index contributed by atoms with van der Waals surface area (Å²) in [5, 5.41) is 8.68. The zero-order chi connectivity index (χ0) is 21.4. The molecule has 0 aliphatic carbocycles. The summed E-state index contributed by atoms with van der Waals surface area (Å²) < 4.78 is 12.4. The molecule has 1 aliphatic rings. The van der Waals surface area contributed by atoms with E-state index in [1.807, 2.05) is 19.1 Å². The van der Waals surface area contributed by atoms with Crippen molar-refractivity contribution in [2.24, 2.45) is 0 Å². The average Bonchev–Trinajstić information content (AvgIpc) is 2.93. The zero-order valence-electron chi connectivity index (χ0n) is 16.4. The Morgan fingerprint density at radius 1 is 1.34 bits per heavy atom. The van der Waals surface area contributed by atoms with E-state index in [1.165, 1.54) is 11.8 Å². The molecule has 1 N–H and O–H groups in total. The van der Waals surface area contributed by atoms with Gasteiger partial charge in [-0.25, -0.2) is 0 Å². The van der Waals surface area contributed by atoms with Crippen molar-refractivity contribution in [2.75, 3.05) is 20.3 Å². The van der Waals surface area contributed by atoms with Crippen molar-refractivity contribution in [1.82, 2.24) is 4.90 Å². The smallest absolute Gasteiger partial charge is 0.303 e. The quantitative estimate of drug-likeness (QED) is 0.257. The fourth-order valence-corrected chi connectivity index (χ4v) is 4.62. The highest BCUT2D eigenvalue weighted by molar-refractivity contribution is 9.10. The number of halogens is 1. The predicted octanol–water partition coefficient (Wildman–Crippen LogP) is 5.09. The molecular weight excluding hydrogens is 478 g/mol. The normalized spacial score (nSPS) is 15.3. The first-order valence-electron chi connectivity index (χ1n) is 9.34. The van der Waals surface area contributed by atoms with Crippen LogP contribution >= 0.6 is 39.9 Å². The Bertz CT molecular complexity index is 812. The monoisotopic (exact) mass is 501 g/mol. The standard InChI is InChI=1S/C20H24BrNO5S2/c1-3-9-27-18-14(21)10-13(11-15(18)26-2)12-16-19(25)22(20(28)29-16)8-6-4-5-7-17(23)24/h10-12H,3-9H2,1-2H3,(H,23,24)/b16-12-. The molecule has 0 radical (unpaired) electrons. The van der Waals surface area contributed by atoms with Gasteiger partial charge in [0.25, 0.3) is 5.91 Å². The Morgan fingerprint density at radius 3 is 2.76 bits per heavy atom. The van der Waals surface area contributed by atoms with E-state index in [2.05, 4.69) is 15.9 Å². The minimum absolute atomic E-state index is 0.125. The number of carbonyl (C=O) groups is 2. The number of hydrogen-bond acceptors (Lipinski definition) is 6. The van der Waals surface area contributed by atoms with Gasteiger partial charge in [0, 0.05) is 13.0 Å². The first kappa shape index (κ1) is 23.7. The second-order valence-electron chi connectivity index (χ2n) is 6.42. The number of nitrogens with zero attached hydrogens (tertiary/aromatic N) is 1. The fourth-order valence-electron chi connectivity index (χ4n) is 2.73. The van der Waals surface area contributed by atoms with Crippen LogP contribution in [0.4, 0.5) is 0 Å². The number of carboxylic acids is 1. The molecule has 1 amide bonds. The molecule has 0 atom stereocenters. The second-order valence-corrected chi connectivity index (χ2v) is 8.95. The molecule has 9 heteroatoms. The third-order valence-corrected chi connectivity index (χ3v) is 6.11. The number of methoxy groups -OCH3 is 1.